The molecule has 8 nitrogen and oxygen atoms in total. The molecule has 1 fully saturated rings. The van der Waals surface area contributed by atoms with E-state index in [0.717, 1.165) is 42.0 Å². The van der Waals surface area contributed by atoms with Gasteiger partial charge in [0.2, 0.25) is 0 Å². The first-order valence-electron chi connectivity index (χ1n) is 11.1. The van der Waals surface area contributed by atoms with E-state index in [1.54, 1.807) is 17.2 Å². The van der Waals surface area contributed by atoms with E-state index in [2.05, 4.69) is 21.3 Å². The molecule has 4 aromatic rings. The average Bonchev–Trinajstić information content (AvgIpc) is 3.56. The molecule has 1 N–H and O–H groups in total. The fourth-order valence-electron chi connectivity index (χ4n) is 4.67. The zero-order valence-corrected chi connectivity index (χ0v) is 18.2. The van der Waals surface area contributed by atoms with Crippen LogP contribution in [0.4, 0.5) is 22.0 Å². The highest BCUT2D eigenvalue weighted by molar-refractivity contribution is 6.05. The number of benzene rings is 2. The van der Waals surface area contributed by atoms with Crippen molar-refractivity contribution in [2.45, 2.75) is 12.5 Å². The number of nitrogens with zero attached hydrogens (tertiary/aromatic N) is 5. The van der Waals surface area contributed by atoms with Crippen molar-refractivity contribution >= 4 is 23.2 Å². The number of nitrogens with one attached hydrogen (secondary N) is 1. The maximum atomic E-state index is 13.5. The molecule has 8 heteroatoms. The molecule has 0 saturated carbocycles. The van der Waals surface area contributed by atoms with E-state index in [1.807, 2.05) is 54.6 Å². The molecule has 1 atom stereocenters. The van der Waals surface area contributed by atoms with Crippen molar-refractivity contribution in [2.24, 2.45) is 0 Å². The van der Waals surface area contributed by atoms with Gasteiger partial charge in [-0.2, -0.15) is 5.26 Å². The van der Waals surface area contributed by atoms with Crippen LogP contribution in [0.15, 0.2) is 77.7 Å². The molecule has 4 heterocycles. The predicted octanol–water partition coefficient (Wildman–Crippen LogP) is 4.91. The van der Waals surface area contributed by atoms with E-state index < -0.39 is 0 Å². The van der Waals surface area contributed by atoms with Gasteiger partial charge in [0.1, 0.15) is 0 Å². The van der Waals surface area contributed by atoms with Gasteiger partial charge >= 0.3 is 6.03 Å². The lowest BCUT2D eigenvalue weighted by Crippen LogP contribution is -2.48. The summed E-state index contributed by atoms with van der Waals surface area (Å²) in [6.07, 6.45) is 3.90. The third-order valence-corrected chi connectivity index (χ3v) is 6.29. The number of carbonyl (C=O) groups excluding carboxylic acids is 1. The van der Waals surface area contributed by atoms with Crippen molar-refractivity contribution in [3.8, 4) is 28.7 Å². The quantitative estimate of drug-likeness (QED) is 0.478. The lowest BCUT2D eigenvalue weighted by Gasteiger charge is -2.36. The molecule has 2 bridgehead atoms. The molecule has 34 heavy (non-hydrogen) atoms. The Kier molecular flexibility index (Phi) is 4.73. The first-order valence-corrected chi connectivity index (χ1v) is 11.1. The van der Waals surface area contributed by atoms with E-state index in [-0.39, 0.29) is 12.1 Å². The molecule has 0 radical (unpaired) electrons. The van der Waals surface area contributed by atoms with Gasteiger partial charge in [-0.05, 0) is 42.8 Å². The Bertz CT molecular complexity index is 1430. The lowest BCUT2D eigenvalue weighted by molar-refractivity contribution is 0.255. The third kappa shape index (κ3) is 3.44. The summed E-state index contributed by atoms with van der Waals surface area (Å²) < 4.78 is 5.38. The molecule has 0 aliphatic carbocycles. The topological polar surface area (TPSA) is 98.3 Å². The minimum Gasteiger partial charge on any atom is -0.444 e. The van der Waals surface area contributed by atoms with Crippen LogP contribution in [0.5, 0.6) is 0 Å². The summed E-state index contributed by atoms with van der Waals surface area (Å²) in [4.78, 5) is 26.4. The van der Waals surface area contributed by atoms with Crippen molar-refractivity contribution in [3.63, 3.8) is 0 Å². The zero-order valence-electron chi connectivity index (χ0n) is 18.2. The number of nitriles is 1. The van der Waals surface area contributed by atoms with Crippen LogP contribution in [0.1, 0.15) is 12.0 Å². The molecular formula is C26H20N6O2. The number of pyridine rings is 1. The number of amides is 2. The number of fused-ring (bicyclic) bond motifs is 4. The smallest absolute Gasteiger partial charge is 0.327 e. The van der Waals surface area contributed by atoms with Gasteiger partial charge in [-0.15, -0.1) is 0 Å². The van der Waals surface area contributed by atoms with Crippen LogP contribution in [0.25, 0.3) is 22.6 Å². The van der Waals surface area contributed by atoms with Crippen molar-refractivity contribution in [1.29, 1.82) is 5.26 Å². The molecular weight excluding hydrogens is 428 g/mol. The van der Waals surface area contributed by atoms with Crippen molar-refractivity contribution in [3.05, 3.63) is 78.8 Å². The fourth-order valence-corrected chi connectivity index (χ4v) is 4.67. The van der Waals surface area contributed by atoms with Gasteiger partial charge in [0, 0.05) is 29.9 Å². The second-order valence-corrected chi connectivity index (χ2v) is 8.37. The second kappa shape index (κ2) is 8.05. The van der Waals surface area contributed by atoms with Gasteiger partial charge in [0.15, 0.2) is 18.0 Å². The van der Waals surface area contributed by atoms with Crippen molar-refractivity contribution in [2.75, 3.05) is 28.2 Å². The SMILES string of the molecule is N#Cc1cccc(-c2ccc3c(n2)N(C(=O)Nc2cccc(-c4cnco4)c2)[C@H]2CCN3C2)c1. The van der Waals surface area contributed by atoms with Gasteiger partial charge in [-0.3, -0.25) is 4.90 Å². The largest absolute Gasteiger partial charge is 0.444 e. The lowest BCUT2D eigenvalue weighted by atomic mass is 10.1. The molecule has 166 valence electrons. The molecule has 0 spiro atoms. The first-order chi connectivity index (χ1) is 16.7. The van der Waals surface area contributed by atoms with Crippen molar-refractivity contribution in [1.82, 2.24) is 9.97 Å². The normalized spacial score (nSPS) is 16.1. The molecule has 2 amide bonds. The van der Waals surface area contributed by atoms with E-state index in [9.17, 15) is 10.1 Å². The summed E-state index contributed by atoms with van der Waals surface area (Å²) in [5.41, 5.74) is 4.58. The number of hydrogen-bond donors (Lipinski definition) is 1. The number of rotatable bonds is 3. The summed E-state index contributed by atoms with van der Waals surface area (Å²) in [6.45, 7) is 1.66. The summed E-state index contributed by atoms with van der Waals surface area (Å²) in [5, 5.41) is 12.3. The Morgan fingerprint density at radius 3 is 2.85 bits per heavy atom. The predicted molar refractivity (Wildman–Crippen MR) is 128 cm³/mol. The molecule has 2 aliphatic heterocycles. The maximum absolute atomic E-state index is 13.5. The number of anilines is 3. The molecule has 1 saturated heterocycles. The zero-order chi connectivity index (χ0) is 23.1. The number of oxazole rings is 1. The van der Waals surface area contributed by atoms with Gasteiger partial charge in [0.25, 0.3) is 0 Å². The number of hydrogen-bond acceptors (Lipinski definition) is 6. The number of aromatic nitrogens is 2. The molecule has 2 aromatic carbocycles. The Labute approximate surface area is 196 Å². The van der Waals surface area contributed by atoms with Crippen LogP contribution >= 0.6 is 0 Å². The first kappa shape index (κ1) is 20.0. The minimum absolute atomic E-state index is 0.0400. The fraction of sp³-hybridized carbons (Fsp3) is 0.154. The molecule has 2 aliphatic rings. The van der Waals surface area contributed by atoms with Crippen LogP contribution in [0.3, 0.4) is 0 Å². The highest BCUT2D eigenvalue weighted by Crippen LogP contribution is 2.40. The monoisotopic (exact) mass is 448 g/mol. The Morgan fingerprint density at radius 2 is 2.00 bits per heavy atom. The van der Waals surface area contributed by atoms with E-state index in [4.69, 9.17) is 9.40 Å². The second-order valence-electron chi connectivity index (χ2n) is 8.37. The van der Waals surface area contributed by atoms with E-state index in [0.29, 0.717) is 22.8 Å². The van der Waals surface area contributed by atoms with Crippen molar-refractivity contribution < 1.29 is 9.21 Å². The summed E-state index contributed by atoms with van der Waals surface area (Å²) >= 11 is 0. The molecule has 6 rings (SSSR count). The number of urea groups is 1. The van der Waals surface area contributed by atoms with Crippen LogP contribution < -0.4 is 15.1 Å². The van der Waals surface area contributed by atoms with Gasteiger partial charge < -0.3 is 14.6 Å². The van der Waals surface area contributed by atoms with E-state index >= 15 is 0 Å². The van der Waals surface area contributed by atoms with Gasteiger partial charge in [-0.1, -0.05) is 24.3 Å². The third-order valence-electron chi connectivity index (χ3n) is 6.29. The summed E-state index contributed by atoms with van der Waals surface area (Å²) in [6, 6.07) is 20.8. The Hall–Kier alpha value is -4.64. The standard InChI is InChI=1S/C26H20N6O2/c27-13-17-3-1-4-18(11-17)22-7-8-23-25(30-22)32(21-9-10-31(23)15-21)26(33)29-20-6-2-5-19(12-20)24-14-28-16-34-24/h1-8,11-12,14,16,21H,9-10,15H2,(H,29,33)/t21-/m0/s1. The molecule has 2 aromatic heterocycles. The van der Waals surface area contributed by atoms with Gasteiger partial charge in [0.05, 0.1) is 35.3 Å². The Morgan fingerprint density at radius 1 is 1.12 bits per heavy atom. The average molecular weight is 448 g/mol. The summed E-state index contributed by atoms with van der Waals surface area (Å²) in [5.74, 6) is 1.27. The highest BCUT2D eigenvalue weighted by Gasteiger charge is 2.40. The van der Waals surface area contributed by atoms with Crippen LogP contribution in [0, 0.1) is 11.3 Å². The Balaban J connectivity index is 1.35. The number of carbonyl (C=O) groups is 1. The van der Waals surface area contributed by atoms with E-state index in [1.165, 1.54) is 6.39 Å². The highest BCUT2D eigenvalue weighted by atomic mass is 16.3. The van der Waals surface area contributed by atoms with Gasteiger partial charge in [-0.25, -0.2) is 14.8 Å². The molecule has 0 unspecified atom stereocenters. The minimum atomic E-state index is -0.224. The van der Waals surface area contributed by atoms with Crippen LogP contribution in [-0.4, -0.2) is 35.1 Å². The maximum Gasteiger partial charge on any atom is 0.327 e. The summed E-state index contributed by atoms with van der Waals surface area (Å²) in [7, 11) is 0. The van der Waals surface area contributed by atoms with Crippen LogP contribution in [-0.2, 0) is 0 Å². The van der Waals surface area contributed by atoms with Crippen LogP contribution in [0.2, 0.25) is 0 Å².